The topological polar surface area (TPSA) is 86.7 Å². The predicted molar refractivity (Wildman–Crippen MR) is 70.3 cm³/mol. The van der Waals surface area contributed by atoms with Crippen LogP contribution >= 0.6 is 0 Å². The molecule has 2 N–H and O–H groups in total. The molecule has 1 aromatic rings. The van der Waals surface area contributed by atoms with Crippen molar-refractivity contribution in [1.29, 1.82) is 0 Å². The van der Waals surface area contributed by atoms with E-state index < -0.39 is 16.1 Å². The number of unbranched alkanes of at least 4 members (excludes halogenated alkanes) is 1. The summed E-state index contributed by atoms with van der Waals surface area (Å²) in [7, 11) is -4.22. The molecule has 0 fully saturated rings. The highest BCUT2D eigenvalue weighted by Crippen LogP contribution is 2.14. The largest absolute Gasteiger partial charge is 0.356 e. The third kappa shape index (κ3) is 3.93. The van der Waals surface area contributed by atoms with E-state index in [1.807, 2.05) is 13.8 Å². The maximum absolute atomic E-state index is 11.9. The van der Waals surface area contributed by atoms with Gasteiger partial charge in [0, 0.05) is 6.54 Å². The number of nitrogens with one attached hydrogen (secondary N) is 1. The SMILES string of the molecule is CCCCNC(=O)N(O)S(=O)(=O)c1ccc(C)cc1. The zero-order chi connectivity index (χ0) is 14.5. The molecule has 7 heteroatoms. The van der Waals surface area contributed by atoms with Crippen LogP contribution in [0.4, 0.5) is 4.79 Å². The van der Waals surface area contributed by atoms with Gasteiger partial charge in [-0.1, -0.05) is 35.5 Å². The summed E-state index contributed by atoms with van der Waals surface area (Å²) >= 11 is 0. The standard InChI is InChI=1S/C12H18N2O4S/c1-3-4-9-13-12(15)14(16)19(17,18)11-7-5-10(2)6-8-11/h5-8,16H,3-4,9H2,1-2H3,(H,13,15). The molecule has 0 aliphatic carbocycles. The number of carbonyl (C=O) groups is 1. The van der Waals surface area contributed by atoms with E-state index in [1.165, 1.54) is 12.1 Å². The average molecular weight is 286 g/mol. The second-order valence-corrected chi connectivity index (χ2v) is 5.91. The van der Waals surface area contributed by atoms with Crippen molar-refractivity contribution < 1.29 is 18.4 Å². The number of benzene rings is 1. The Hall–Kier alpha value is -1.60. The van der Waals surface area contributed by atoms with Crippen molar-refractivity contribution in [2.24, 2.45) is 0 Å². The molecule has 0 spiro atoms. The molecule has 0 saturated heterocycles. The molecular weight excluding hydrogens is 268 g/mol. The molecule has 2 amide bonds. The van der Waals surface area contributed by atoms with Crippen LogP contribution in [0.25, 0.3) is 0 Å². The number of hydrogen-bond acceptors (Lipinski definition) is 4. The number of urea groups is 1. The molecule has 0 heterocycles. The Bertz CT molecular complexity index is 525. The molecule has 0 aliphatic heterocycles. The molecule has 1 rings (SSSR count). The molecule has 0 bridgehead atoms. The number of rotatable bonds is 5. The van der Waals surface area contributed by atoms with Gasteiger partial charge in [-0.2, -0.15) is 8.42 Å². The average Bonchev–Trinajstić information content (AvgIpc) is 2.38. The number of nitrogens with zero attached hydrogens (tertiary/aromatic N) is 1. The van der Waals surface area contributed by atoms with Crippen LogP contribution in [0.2, 0.25) is 0 Å². The number of aryl methyl sites for hydroxylation is 1. The van der Waals surface area contributed by atoms with Crippen LogP contribution < -0.4 is 5.32 Å². The first-order valence-corrected chi connectivity index (χ1v) is 7.42. The fraction of sp³-hybridized carbons (Fsp3) is 0.417. The van der Waals surface area contributed by atoms with Gasteiger partial charge < -0.3 is 5.32 Å². The minimum atomic E-state index is -4.22. The molecule has 0 unspecified atom stereocenters. The van der Waals surface area contributed by atoms with E-state index in [0.29, 0.717) is 13.0 Å². The van der Waals surface area contributed by atoms with Gasteiger partial charge >= 0.3 is 6.03 Å². The maximum atomic E-state index is 11.9. The minimum Gasteiger partial charge on any atom is -0.335 e. The van der Waals surface area contributed by atoms with Crippen molar-refractivity contribution in [2.45, 2.75) is 31.6 Å². The van der Waals surface area contributed by atoms with Gasteiger partial charge in [-0.15, -0.1) is 0 Å². The van der Waals surface area contributed by atoms with Gasteiger partial charge in [-0.3, -0.25) is 5.21 Å². The second kappa shape index (κ2) is 6.53. The summed E-state index contributed by atoms with van der Waals surface area (Å²) in [5.74, 6) is 0. The molecule has 0 radical (unpaired) electrons. The van der Waals surface area contributed by atoms with Gasteiger partial charge in [-0.25, -0.2) is 4.79 Å². The second-order valence-electron chi connectivity index (χ2n) is 4.15. The van der Waals surface area contributed by atoms with Crippen LogP contribution in [0.5, 0.6) is 0 Å². The number of hydrogen-bond donors (Lipinski definition) is 2. The van der Waals surface area contributed by atoms with Gasteiger partial charge in [0.25, 0.3) is 10.0 Å². The van der Waals surface area contributed by atoms with Crippen molar-refractivity contribution in [3.63, 3.8) is 0 Å². The zero-order valence-corrected chi connectivity index (χ0v) is 11.8. The number of carbonyl (C=O) groups excluding carboxylic acids is 1. The molecule has 6 nitrogen and oxygen atoms in total. The molecule has 0 atom stereocenters. The molecule has 19 heavy (non-hydrogen) atoms. The summed E-state index contributed by atoms with van der Waals surface area (Å²) in [5.41, 5.74) is 0.885. The van der Waals surface area contributed by atoms with E-state index in [2.05, 4.69) is 5.32 Å². The van der Waals surface area contributed by atoms with Gasteiger partial charge in [0.1, 0.15) is 0 Å². The molecule has 1 aromatic carbocycles. The zero-order valence-electron chi connectivity index (χ0n) is 11.0. The highest BCUT2D eigenvalue weighted by atomic mass is 32.2. The summed E-state index contributed by atoms with van der Waals surface area (Å²) in [6, 6.07) is 4.82. The molecule has 106 valence electrons. The summed E-state index contributed by atoms with van der Waals surface area (Å²) in [4.78, 5) is 11.4. The van der Waals surface area contributed by atoms with Crippen molar-refractivity contribution >= 4 is 16.1 Å². The molecule has 0 aliphatic rings. The van der Waals surface area contributed by atoms with E-state index in [9.17, 15) is 18.4 Å². The Morgan fingerprint density at radius 2 is 1.89 bits per heavy atom. The Labute approximate surface area is 113 Å². The maximum Gasteiger partial charge on any atom is 0.356 e. The van der Waals surface area contributed by atoms with Crippen LogP contribution in [0, 0.1) is 6.92 Å². The van der Waals surface area contributed by atoms with Crippen molar-refractivity contribution in [1.82, 2.24) is 9.79 Å². The van der Waals surface area contributed by atoms with Crippen molar-refractivity contribution in [2.75, 3.05) is 6.54 Å². The van der Waals surface area contributed by atoms with Gasteiger partial charge in [-0.05, 0) is 25.5 Å². The van der Waals surface area contributed by atoms with Crippen LogP contribution in [-0.2, 0) is 10.0 Å². The number of amides is 2. The minimum absolute atomic E-state index is 0.133. The van der Waals surface area contributed by atoms with Crippen LogP contribution in [0.3, 0.4) is 0 Å². The van der Waals surface area contributed by atoms with E-state index >= 15 is 0 Å². The first-order chi connectivity index (χ1) is 8.89. The molecular formula is C12H18N2O4S. The number of sulfonamides is 1. The Morgan fingerprint density at radius 3 is 2.42 bits per heavy atom. The number of hydroxylamine groups is 1. The van der Waals surface area contributed by atoms with E-state index in [-0.39, 0.29) is 9.36 Å². The highest BCUT2D eigenvalue weighted by Gasteiger charge is 2.27. The van der Waals surface area contributed by atoms with Crippen LogP contribution in [0.1, 0.15) is 25.3 Å². The summed E-state index contributed by atoms with van der Waals surface area (Å²) in [6.07, 6.45) is 1.57. The fourth-order valence-corrected chi connectivity index (χ4v) is 2.32. The highest BCUT2D eigenvalue weighted by molar-refractivity contribution is 7.89. The lowest BCUT2D eigenvalue weighted by Crippen LogP contribution is -2.41. The summed E-state index contributed by atoms with van der Waals surface area (Å²) < 4.78 is 23.6. The van der Waals surface area contributed by atoms with Gasteiger partial charge in [0.15, 0.2) is 0 Å². The Kier molecular flexibility index (Phi) is 5.31. The monoisotopic (exact) mass is 286 g/mol. The Morgan fingerprint density at radius 1 is 1.32 bits per heavy atom. The lowest BCUT2D eigenvalue weighted by molar-refractivity contribution is 0.0408. The fourth-order valence-electron chi connectivity index (χ4n) is 1.36. The van der Waals surface area contributed by atoms with E-state index in [0.717, 1.165) is 12.0 Å². The lowest BCUT2D eigenvalue weighted by atomic mass is 10.2. The van der Waals surface area contributed by atoms with Gasteiger partial charge in [0.2, 0.25) is 0 Å². The lowest BCUT2D eigenvalue weighted by Gasteiger charge is -2.15. The Balaban J connectivity index is 2.82. The molecule has 0 saturated carbocycles. The van der Waals surface area contributed by atoms with E-state index in [4.69, 9.17) is 0 Å². The van der Waals surface area contributed by atoms with Gasteiger partial charge in [0.05, 0.1) is 4.90 Å². The first kappa shape index (κ1) is 15.5. The first-order valence-electron chi connectivity index (χ1n) is 5.98. The smallest absolute Gasteiger partial charge is 0.335 e. The summed E-state index contributed by atoms with van der Waals surface area (Å²) in [5, 5.41) is 11.8. The molecule has 0 aromatic heterocycles. The van der Waals surface area contributed by atoms with Crippen LogP contribution in [0.15, 0.2) is 29.2 Å². The third-order valence-electron chi connectivity index (χ3n) is 2.53. The van der Waals surface area contributed by atoms with Crippen molar-refractivity contribution in [3.8, 4) is 0 Å². The summed E-state index contributed by atoms with van der Waals surface area (Å²) in [6.45, 7) is 4.06. The normalized spacial score (nSPS) is 11.1. The van der Waals surface area contributed by atoms with Crippen LogP contribution in [-0.4, -0.2) is 30.7 Å². The van der Waals surface area contributed by atoms with Crippen molar-refractivity contribution in [3.05, 3.63) is 29.8 Å². The predicted octanol–water partition coefficient (Wildman–Crippen LogP) is 1.88. The third-order valence-corrected chi connectivity index (χ3v) is 4.02. The quantitative estimate of drug-likeness (QED) is 0.491. The van der Waals surface area contributed by atoms with E-state index in [1.54, 1.807) is 12.1 Å².